The lowest BCUT2D eigenvalue weighted by atomic mass is 9.67. The van der Waals surface area contributed by atoms with Crippen molar-refractivity contribution in [2.24, 2.45) is 5.41 Å². The number of hydrogen-bond donors (Lipinski definition) is 1. The number of amides is 1. The van der Waals surface area contributed by atoms with Crippen LogP contribution >= 0.6 is 11.6 Å². The first-order chi connectivity index (χ1) is 11.3. The van der Waals surface area contributed by atoms with Crippen molar-refractivity contribution in [1.82, 2.24) is 5.48 Å². The predicted molar refractivity (Wildman–Crippen MR) is 81.0 cm³/mol. The maximum atomic E-state index is 15.1. The Hall–Kier alpha value is -1.39. The molecule has 0 bridgehead atoms. The quantitative estimate of drug-likeness (QED) is 0.466. The van der Waals surface area contributed by atoms with Crippen LogP contribution in [0.2, 0.25) is 0 Å². The van der Waals surface area contributed by atoms with Crippen molar-refractivity contribution in [2.75, 3.05) is 6.26 Å². The Bertz CT molecular complexity index is 750. The molecular formula is C14H14ClF4NO4S. The molecule has 0 radical (unpaired) electrons. The van der Waals surface area contributed by atoms with Gasteiger partial charge in [-0.25, -0.2) is 18.7 Å². The van der Waals surface area contributed by atoms with Crippen molar-refractivity contribution < 1.29 is 35.6 Å². The van der Waals surface area contributed by atoms with Crippen LogP contribution in [0.4, 0.5) is 17.6 Å². The molecular weight excluding hydrogens is 390 g/mol. The third kappa shape index (κ3) is 3.34. The molecule has 1 aromatic carbocycles. The van der Waals surface area contributed by atoms with Crippen molar-refractivity contribution in [3.63, 3.8) is 0 Å². The van der Waals surface area contributed by atoms with Gasteiger partial charge in [0, 0.05) is 17.2 Å². The van der Waals surface area contributed by atoms with Gasteiger partial charge in [0.15, 0.2) is 0 Å². The SMILES string of the molecule is CS(=O)(=O)C(F)(ONC(=O)c1ccccc1)C1(C(F)(F)F)CC(Cl)C1. The Morgan fingerprint density at radius 3 is 2.16 bits per heavy atom. The van der Waals surface area contributed by atoms with Gasteiger partial charge in [-0.1, -0.05) is 18.2 Å². The summed E-state index contributed by atoms with van der Waals surface area (Å²) in [6, 6.07) is 7.06. The minimum absolute atomic E-state index is 0.0526. The molecule has 1 aromatic rings. The fourth-order valence-corrected chi connectivity index (χ4v) is 4.34. The molecule has 1 atom stereocenters. The number of carbonyl (C=O) groups excluding carboxylic acids is 1. The first-order valence-electron chi connectivity index (χ1n) is 6.97. The van der Waals surface area contributed by atoms with Gasteiger partial charge < -0.3 is 0 Å². The monoisotopic (exact) mass is 403 g/mol. The summed E-state index contributed by atoms with van der Waals surface area (Å²) in [7, 11) is -5.05. The minimum Gasteiger partial charge on any atom is -0.267 e. The molecule has 140 valence electrons. The van der Waals surface area contributed by atoms with Gasteiger partial charge in [-0.05, 0) is 25.0 Å². The Balaban J connectivity index is 2.35. The molecule has 1 aliphatic rings. The van der Waals surface area contributed by atoms with Gasteiger partial charge in [-0.15, -0.1) is 11.6 Å². The molecule has 1 saturated carbocycles. The highest BCUT2D eigenvalue weighted by molar-refractivity contribution is 7.91. The Morgan fingerprint density at radius 1 is 1.24 bits per heavy atom. The van der Waals surface area contributed by atoms with E-state index in [0.29, 0.717) is 0 Å². The highest BCUT2D eigenvalue weighted by atomic mass is 35.5. The summed E-state index contributed by atoms with van der Waals surface area (Å²) >= 11 is 5.55. The highest BCUT2D eigenvalue weighted by Gasteiger charge is 2.78. The molecule has 1 amide bonds. The van der Waals surface area contributed by atoms with E-state index in [0.717, 1.165) is 0 Å². The molecule has 2 rings (SSSR count). The summed E-state index contributed by atoms with van der Waals surface area (Å²) in [6.07, 6.45) is -6.99. The highest BCUT2D eigenvalue weighted by Crippen LogP contribution is 2.63. The zero-order valence-corrected chi connectivity index (χ0v) is 14.4. The summed E-state index contributed by atoms with van der Waals surface area (Å²) < 4.78 is 79.1. The molecule has 1 aliphatic carbocycles. The van der Waals surface area contributed by atoms with E-state index in [4.69, 9.17) is 11.6 Å². The van der Waals surface area contributed by atoms with E-state index in [2.05, 4.69) is 4.84 Å². The summed E-state index contributed by atoms with van der Waals surface area (Å²) in [5.41, 5.74) is -1.95. The van der Waals surface area contributed by atoms with E-state index >= 15 is 4.39 Å². The molecule has 1 fully saturated rings. The summed E-state index contributed by atoms with van der Waals surface area (Å²) in [6.45, 7) is 0. The molecule has 0 heterocycles. The van der Waals surface area contributed by atoms with Gasteiger partial charge in [0.05, 0.1) is 0 Å². The number of benzene rings is 1. The molecule has 5 nitrogen and oxygen atoms in total. The van der Waals surface area contributed by atoms with Gasteiger partial charge in [-0.3, -0.25) is 4.79 Å². The van der Waals surface area contributed by atoms with Gasteiger partial charge in [-0.2, -0.15) is 17.6 Å². The van der Waals surface area contributed by atoms with E-state index < -0.39 is 50.7 Å². The lowest BCUT2D eigenvalue weighted by Crippen LogP contribution is -2.67. The summed E-state index contributed by atoms with van der Waals surface area (Å²) in [5.74, 6) is -1.09. The van der Waals surface area contributed by atoms with Crippen LogP contribution in [0, 0.1) is 5.41 Å². The van der Waals surface area contributed by atoms with Crippen molar-refractivity contribution >= 4 is 27.3 Å². The Kier molecular flexibility index (Phi) is 5.10. The number of hydroxylamine groups is 1. The molecule has 0 aromatic heterocycles. The zero-order valence-electron chi connectivity index (χ0n) is 12.8. The van der Waals surface area contributed by atoms with Crippen molar-refractivity contribution in [3.05, 3.63) is 35.9 Å². The average molecular weight is 404 g/mol. The molecule has 1 unspecified atom stereocenters. The molecule has 11 heteroatoms. The van der Waals surface area contributed by atoms with Crippen LogP contribution in [0.1, 0.15) is 23.2 Å². The van der Waals surface area contributed by atoms with Crippen LogP contribution in [0.3, 0.4) is 0 Å². The number of nitrogens with one attached hydrogen (secondary N) is 1. The number of alkyl halides is 5. The van der Waals surface area contributed by atoms with Gasteiger partial charge in [0.1, 0.15) is 5.41 Å². The molecule has 1 N–H and O–H groups in total. The van der Waals surface area contributed by atoms with E-state index in [-0.39, 0.29) is 11.8 Å². The number of hydrogen-bond acceptors (Lipinski definition) is 4. The fraction of sp³-hybridized carbons (Fsp3) is 0.500. The fourth-order valence-electron chi connectivity index (χ4n) is 2.63. The van der Waals surface area contributed by atoms with Crippen molar-refractivity contribution in [3.8, 4) is 0 Å². The molecule has 0 saturated heterocycles. The van der Waals surface area contributed by atoms with Crippen molar-refractivity contribution in [2.45, 2.75) is 29.6 Å². The maximum absolute atomic E-state index is 15.1. The van der Waals surface area contributed by atoms with E-state index in [9.17, 15) is 26.4 Å². The van der Waals surface area contributed by atoms with Crippen LogP contribution in [0.5, 0.6) is 0 Å². The maximum Gasteiger partial charge on any atom is 0.401 e. The minimum atomic E-state index is -5.26. The van der Waals surface area contributed by atoms with Crippen LogP contribution < -0.4 is 5.48 Å². The van der Waals surface area contributed by atoms with Crippen molar-refractivity contribution in [1.29, 1.82) is 0 Å². The molecule has 25 heavy (non-hydrogen) atoms. The first-order valence-corrected chi connectivity index (χ1v) is 9.29. The van der Waals surface area contributed by atoms with Gasteiger partial charge in [0.25, 0.3) is 5.91 Å². The summed E-state index contributed by atoms with van der Waals surface area (Å²) in [4.78, 5) is 16.1. The Morgan fingerprint density at radius 2 is 1.76 bits per heavy atom. The van der Waals surface area contributed by atoms with E-state index in [1.807, 2.05) is 0 Å². The lowest BCUT2D eigenvalue weighted by molar-refractivity contribution is -0.335. The average Bonchev–Trinajstić information content (AvgIpc) is 2.47. The van der Waals surface area contributed by atoms with Gasteiger partial charge in [0.2, 0.25) is 9.84 Å². The molecule has 0 aliphatic heterocycles. The smallest absolute Gasteiger partial charge is 0.267 e. The van der Waals surface area contributed by atoms with Crippen LogP contribution in [0.15, 0.2) is 30.3 Å². The topological polar surface area (TPSA) is 72.5 Å². The first kappa shape index (κ1) is 19.9. The largest absolute Gasteiger partial charge is 0.401 e. The number of halogens is 5. The Labute approximate surface area is 146 Å². The van der Waals surface area contributed by atoms with E-state index in [1.165, 1.54) is 29.7 Å². The number of carbonyl (C=O) groups is 1. The zero-order chi connectivity index (χ0) is 19.1. The second kappa shape index (κ2) is 6.40. The molecule has 0 spiro atoms. The van der Waals surface area contributed by atoms with Gasteiger partial charge >= 0.3 is 11.4 Å². The number of sulfone groups is 1. The summed E-state index contributed by atoms with van der Waals surface area (Å²) in [5, 5.41) is -5.28. The van der Waals surface area contributed by atoms with Crippen LogP contribution in [-0.4, -0.2) is 37.3 Å². The predicted octanol–water partition coefficient (Wildman–Crippen LogP) is 2.97. The lowest BCUT2D eigenvalue weighted by Gasteiger charge is -2.51. The number of rotatable bonds is 5. The third-order valence-electron chi connectivity index (χ3n) is 4.04. The normalized spacial score (nSPS) is 26.4. The standard InChI is InChI=1S/C14H14ClF4NO4S/c1-25(22,23)14(19,12(13(16,17)18)7-10(15)8-12)24-20-11(21)9-5-3-2-4-6-9/h2-6,10H,7-8H2,1H3,(H,20,21). The van der Waals surface area contributed by atoms with Crippen LogP contribution in [0.25, 0.3) is 0 Å². The second-order valence-electron chi connectivity index (χ2n) is 5.79. The van der Waals surface area contributed by atoms with E-state index in [1.54, 1.807) is 6.07 Å². The third-order valence-corrected chi connectivity index (χ3v) is 5.78. The van der Waals surface area contributed by atoms with Crippen LogP contribution in [-0.2, 0) is 14.7 Å². The second-order valence-corrected chi connectivity index (χ2v) is 8.48.